The van der Waals surface area contributed by atoms with Crippen LogP contribution < -0.4 is 29.7 Å². The van der Waals surface area contributed by atoms with Gasteiger partial charge in [0.2, 0.25) is 5.75 Å². The fraction of sp³-hybridized carbons (Fsp3) is 0.0968. The monoisotopic (exact) mass is 676 g/mol. The summed E-state index contributed by atoms with van der Waals surface area (Å²) in [5.74, 6) is -0.900. The lowest BCUT2D eigenvalue weighted by molar-refractivity contribution is -0.384. The van der Waals surface area contributed by atoms with Gasteiger partial charge in [0.15, 0.2) is 11.5 Å². The van der Waals surface area contributed by atoms with Gasteiger partial charge in [-0.1, -0.05) is 28.1 Å². The smallest absolute Gasteiger partial charge is 0.343 e. The Morgan fingerprint density at radius 2 is 1.49 bits per heavy atom. The highest BCUT2D eigenvalue weighted by Crippen LogP contribution is 2.38. The zero-order valence-electron chi connectivity index (χ0n) is 24.0. The second kappa shape index (κ2) is 14.6. The number of esters is 1. The summed E-state index contributed by atoms with van der Waals surface area (Å²) in [7, 11) is 4.31. The summed E-state index contributed by atoms with van der Waals surface area (Å²) in [6.45, 7) is 0. The first-order valence-corrected chi connectivity index (χ1v) is 13.7. The van der Waals surface area contributed by atoms with Gasteiger partial charge in [0.1, 0.15) is 5.75 Å². The maximum atomic E-state index is 13.1. The molecule has 0 aliphatic heterocycles. The summed E-state index contributed by atoms with van der Waals surface area (Å²) in [5, 5.41) is 17.6. The summed E-state index contributed by atoms with van der Waals surface area (Å²) >= 11 is 3.35. The topological polar surface area (TPSA) is 168 Å². The molecule has 0 aliphatic rings. The first-order chi connectivity index (χ1) is 21.6. The van der Waals surface area contributed by atoms with Crippen molar-refractivity contribution in [3.8, 4) is 23.0 Å². The van der Waals surface area contributed by atoms with Crippen molar-refractivity contribution in [3.63, 3.8) is 0 Å². The number of nitrogens with one attached hydrogen (secondary N) is 2. The highest BCUT2D eigenvalue weighted by molar-refractivity contribution is 9.10. The Morgan fingerprint density at radius 1 is 0.822 bits per heavy atom. The SMILES string of the molecule is COc1cc(C(=O)Nc2ccccc2C(=O)N/N=C\c2cc(Br)ccc2OC(=O)c2ccc([N+](=O)[O-])cc2)cc(OC)c1OC. The number of nitro groups is 1. The fourth-order valence-electron chi connectivity index (χ4n) is 4.01. The summed E-state index contributed by atoms with van der Waals surface area (Å²) in [6.07, 6.45) is 1.28. The quantitative estimate of drug-likeness (QED) is 0.0673. The minimum absolute atomic E-state index is 0.102. The van der Waals surface area contributed by atoms with E-state index in [2.05, 4.69) is 31.8 Å². The van der Waals surface area contributed by atoms with Crippen molar-refractivity contribution in [3.05, 3.63) is 116 Å². The Hall–Kier alpha value is -5.76. The average molecular weight is 677 g/mol. The number of hydrogen-bond donors (Lipinski definition) is 2. The molecule has 4 rings (SSSR count). The number of rotatable bonds is 11. The second-order valence-corrected chi connectivity index (χ2v) is 9.90. The summed E-state index contributed by atoms with van der Waals surface area (Å²) in [6, 6.07) is 19.0. The number of methoxy groups -OCH3 is 3. The molecule has 0 aliphatic carbocycles. The third-order valence-corrected chi connectivity index (χ3v) is 6.70. The number of hydrogen-bond acceptors (Lipinski definition) is 10. The highest BCUT2D eigenvalue weighted by atomic mass is 79.9. The molecule has 0 saturated heterocycles. The summed E-state index contributed by atoms with van der Waals surface area (Å²) < 4.78 is 22.1. The van der Waals surface area contributed by atoms with Gasteiger partial charge in [-0.15, -0.1) is 0 Å². The zero-order valence-corrected chi connectivity index (χ0v) is 25.6. The molecule has 0 fully saturated rings. The molecule has 230 valence electrons. The van der Waals surface area contributed by atoms with E-state index in [1.54, 1.807) is 30.3 Å². The van der Waals surface area contributed by atoms with Gasteiger partial charge in [-0.25, -0.2) is 10.2 Å². The van der Waals surface area contributed by atoms with Crippen LogP contribution in [0.1, 0.15) is 36.6 Å². The van der Waals surface area contributed by atoms with Crippen LogP contribution in [0.4, 0.5) is 11.4 Å². The van der Waals surface area contributed by atoms with Gasteiger partial charge in [-0.3, -0.25) is 19.7 Å². The predicted octanol–water partition coefficient (Wildman–Crippen LogP) is 5.62. The van der Waals surface area contributed by atoms with E-state index < -0.39 is 22.7 Å². The molecule has 0 bridgehead atoms. The normalized spacial score (nSPS) is 10.6. The van der Waals surface area contributed by atoms with Crippen LogP contribution in [0.2, 0.25) is 0 Å². The van der Waals surface area contributed by atoms with Gasteiger partial charge in [0, 0.05) is 27.7 Å². The number of amides is 2. The van der Waals surface area contributed by atoms with Crippen LogP contribution in [-0.2, 0) is 0 Å². The van der Waals surface area contributed by atoms with Crippen LogP contribution in [0.3, 0.4) is 0 Å². The van der Waals surface area contributed by atoms with E-state index in [0.717, 1.165) is 0 Å². The summed E-state index contributed by atoms with van der Waals surface area (Å²) in [5.41, 5.74) is 3.21. The number of nitrogens with zero attached hydrogens (tertiary/aromatic N) is 2. The lowest BCUT2D eigenvalue weighted by Crippen LogP contribution is -2.21. The maximum absolute atomic E-state index is 13.1. The van der Waals surface area contributed by atoms with Gasteiger partial charge in [-0.05, 0) is 54.6 Å². The molecule has 14 heteroatoms. The Morgan fingerprint density at radius 3 is 2.11 bits per heavy atom. The standard InChI is InChI=1S/C31H25BrN4O9/c1-42-26-15-19(16-27(43-2)28(26)44-3)29(37)34-24-7-5-4-6-23(24)30(38)35-33-17-20-14-21(32)10-13-25(20)45-31(39)18-8-11-22(12-9-18)36(40)41/h4-17H,1-3H3,(H,34,37)(H,35,38)/b33-17-. The van der Waals surface area contributed by atoms with Crippen LogP contribution in [0.15, 0.2) is 88.4 Å². The van der Waals surface area contributed by atoms with Crippen molar-refractivity contribution in [2.45, 2.75) is 0 Å². The molecule has 0 heterocycles. The number of carbonyl (C=O) groups excluding carboxylic acids is 3. The molecule has 2 N–H and O–H groups in total. The Labute approximate surface area is 265 Å². The van der Waals surface area contributed by atoms with Crippen molar-refractivity contribution >= 4 is 51.3 Å². The number of nitro benzene ring substituents is 1. The van der Waals surface area contributed by atoms with E-state index in [9.17, 15) is 24.5 Å². The van der Waals surface area contributed by atoms with Gasteiger partial charge >= 0.3 is 5.97 Å². The number of hydrazone groups is 1. The molecular weight excluding hydrogens is 652 g/mol. The number of para-hydroxylation sites is 1. The van der Waals surface area contributed by atoms with Crippen molar-refractivity contribution < 1.29 is 38.3 Å². The molecule has 45 heavy (non-hydrogen) atoms. The zero-order chi connectivity index (χ0) is 32.5. The van der Waals surface area contributed by atoms with E-state index in [1.807, 2.05) is 0 Å². The Kier molecular flexibility index (Phi) is 10.4. The average Bonchev–Trinajstić information content (AvgIpc) is 3.05. The van der Waals surface area contributed by atoms with Crippen LogP contribution >= 0.6 is 15.9 Å². The van der Waals surface area contributed by atoms with Crippen LogP contribution in [0.25, 0.3) is 0 Å². The number of anilines is 1. The van der Waals surface area contributed by atoms with Gasteiger partial charge in [0.05, 0.1) is 49.3 Å². The minimum Gasteiger partial charge on any atom is -0.493 e. The van der Waals surface area contributed by atoms with Crippen molar-refractivity contribution in [1.29, 1.82) is 0 Å². The number of benzene rings is 4. The minimum atomic E-state index is -0.748. The number of halogens is 1. The van der Waals surface area contributed by atoms with E-state index in [0.29, 0.717) is 15.8 Å². The third-order valence-electron chi connectivity index (χ3n) is 6.20. The lowest BCUT2D eigenvalue weighted by atomic mass is 10.1. The van der Waals surface area contributed by atoms with Gasteiger partial charge in [-0.2, -0.15) is 5.10 Å². The fourth-order valence-corrected chi connectivity index (χ4v) is 4.39. The molecule has 0 aromatic heterocycles. The molecule has 0 radical (unpaired) electrons. The Bertz CT molecular complexity index is 1770. The molecule has 0 spiro atoms. The first kappa shape index (κ1) is 32.2. The van der Waals surface area contributed by atoms with Crippen molar-refractivity contribution in [2.24, 2.45) is 5.10 Å². The van der Waals surface area contributed by atoms with E-state index in [4.69, 9.17) is 18.9 Å². The highest BCUT2D eigenvalue weighted by Gasteiger charge is 2.19. The molecule has 4 aromatic rings. The van der Waals surface area contributed by atoms with Gasteiger partial charge in [0.25, 0.3) is 17.5 Å². The van der Waals surface area contributed by atoms with Crippen LogP contribution in [0.5, 0.6) is 23.0 Å². The largest absolute Gasteiger partial charge is 0.493 e. The van der Waals surface area contributed by atoms with E-state index in [1.165, 1.54) is 76.1 Å². The molecule has 0 atom stereocenters. The third kappa shape index (κ3) is 7.80. The van der Waals surface area contributed by atoms with Crippen LogP contribution in [0, 0.1) is 10.1 Å². The number of ether oxygens (including phenoxy) is 4. The van der Waals surface area contributed by atoms with Crippen molar-refractivity contribution in [1.82, 2.24) is 5.43 Å². The predicted molar refractivity (Wildman–Crippen MR) is 168 cm³/mol. The molecular formula is C31H25BrN4O9. The van der Waals surface area contributed by atoms with Gasteiger partial charge < -0.3 is 24.3 Å². The number of non-ortho nitro benzene ring substituents is 1. The molecule has 0 unspecified atom stereocenters. The second-order valence-electron chi connectivity index (χ2n) is 8.99. The van der Waals surface area contributed by atoms with E-state index >= 15 is 0 Å². The lowest BCUT2D eigenvalue weighted by Gasteiger charge is -2.15. The summed E-state index contributed by atoms with van der Waals surface area (Å²) in [4.78, 5) is 49.2. The molecule has 0 saturated carbocycles. The molecule has 13 nitrogen and oxygen atoms in total. The number of carbonyl (C=O) groups is 3. The maximum Gasteiger partial charge on any atom is 0.343 e. The molecule has 4 aromatic carbocycles. The van der Waals surface area contributed by atoms with Crippen LogP contribution in [-0.4, -0.2) is 50.3 Å². The van der Waals surface area contributed by atoms with Crippen molar-refractivity contribution in [2.75, 3.05) is 26.6 Å². The Balaban J connectivity index is 1.49. The first-order valence-electron chi connectivity index (χ1n) is 12.9. The van der Waals surface area contributed by atoms with E-state index in [-0.39, 0.29) is 45.3 Å². The molecule has 2 amide bonds.